The van der Waals surface area contributed by atoms with Crippen molar-refractivity contribution in [1.29, 1.82) is 0 Å². The molecule has 0 aliphatic carbocycles. The lowest BCUT2D eigenvalue weighted by Crippen LogP contribution is -2.58. The number of aryl methyl sites for hydroxylation is 1. The van der Waals surface area contributed by atoms with Gasteiger partial charge in [-0.3, -0.25) is 14.4 Å². The van der Waals surface area contributed by atoms with Gasteiger partial charge in [0, 0.05) is 19.4 Å². The van der Waals surface area contributed by atoms with E-state index in [1.807, 2.05) is 64.4 Å². The minimum atomic E-state index is -0.810. The molecule has 2 aliphatic rings. The van der Waals surface area contributed by atoms with Crippen LogP contribution >= 0.6 is 11.3 Å². The van der Waals surface area contributed by atoms with Crippen LogP contribution in [0.1, 0.15) is 64.3 Å². The number of hydrogen-bond acceptors (Lipinski definition) is 7. The Balaban J connectivity index is 1.43. The molecule has 1 aromatic carbocycles. The Morgan fingerprint density at radius 3 is 2.51 bits per heavy atom. The fraction of sp³-hybridized carbons (Fsp3) is 0.586. The van der Waals surface area contributed by atoms with Gasteiger partial charge in [-0.05, 0) is 55.8 Å². The summed E-state index contributed by atoms with van der Waals surface area (Å²) in [5.41, 5.74) is 4.26. The maximum Gasteiger partial charge on any atom is 0.246 e. The number of nitrogens with one attached hydrogen (secondary N) is 3. The van der Waals surface area contributed by atoms with Crippen molar-refractivity contribution >= 4 is 29.1 Å². The van der Waals surface area contributed by atoms with Gasteiger partial charge in [-0.2, -0.15) is 0 Å². The quantitative estimate of drug-likeness (QED) is 0.397. The Morgan fingerprint density at radius 1 is 1.21 bits per heavy atom. The van der Waals surface area contributed by atoms with Crippen LogP contribution in [0.15, 0.2) is 29.8 Å². The molecule has 3 heterocycles. The fourth-order valence-electron chi connectivity index (χ4n) is 5.39. The normalized spacial score (nSPS) is 22.9. The van der Waals surface area contributed by atoms with E-state index in [0.717, 1.165) is 41.2 Å². The van der Waals surface area contributed by atoms with Gasteiger partial charge in [0.2, 0.25) is 17.7 Å². The second-order valence-electron chi connectivity index (χ2n) is 11.9. The number of aliphatic hydroxyl groups excluding tert-OH is 1. The van der Waals surface area contributed by atoms with E-state index in [1.54, 1.807) is 11.3 Å². The number of carbonyl (C=O) groups is 3. The Hall–Kier alpha value is -2.82. The number of aliphatic hydroxyl groups is 1. The van der Waals surface area contributed by atoms with Crippen molar-refractivity contribution in [3.05, 3.63) is 41.0 Å². The van der Waals surface area contributed by atoms with Crippen molar-refractivity contribution < 1.29 is 19.5 Å². The van der Waals surface area contributed by atoms with Crippen molar-refractivity contribution in [2.24, 2.45) is 11.3 Å². The van der Waals surface area contributed by atoms with Crippen LogP contribution in [0.2, 0.25) is 0 Å². The fourth-order valence-corrected chi connectivity index (χ4v) is 6.20. The van der Waals surface area contributed by atoms with Gasteiger partial charge >= 0.3 is 0 Å². The number of aromatic nitrogens is 1. The molecule has 2 aromatic rings. The van der Waals surface area contributed by atoms with Gasteiger partial charge in [-0.1, -0.05) is 45.0 Å². The Morgan fingerprint density at radius 2 is 1.92 bits per heavy atom. The molecule has 3 amide bonds. The Labute approximate surface area is 234 Å². The van der Waals surface area contributed by atoms with Gasteiger partial charge in [0.25, 0.3) is 0 Å². The molecule has 1 unspecified atom stereocenters. The molecule has 39 heavy (non-hydrogen) atoms. The third-order valence-electron chi connectivity index (χ3n) is 7.70. The Kier molecular flexibility index (Phi) is 9.08. The number of rotatable bonds is 8. The summed E-state index contributed by atoms with van der Waals surface area (Å²) in [5.74, 6) is -0.558. The molecule has 212 valence electrons. The highest BCUT2D eigenvalue weighted by Crippen LogP contribution is 2.29. The van der Waals surface area contributed by atoms with Crippen LogP contribution in [0.25, 0.3) is 10.4 Å². The third-order valence-corrected chi connectivity index (χ3v) is 8.67. The SMILES string of the molecule is Cc1ncsc1-c1ccc([C@H](C)NC(=O)[C@@H]2C[C@@H](O)CN2C(=O)[C@@H](NC(=O)CC2CCNC2)C(C)(C)C)cc1. The number of amides is 3. The lowest BCUT2D eigenvalue weighted by atomic mass is 9.85. The van der Waals surface area contributed by atoms with Crippen molar-refractivity contribution in [2.75, 3.05) is 19.6 Å². The van der Waals surface area contributed by atoms with Gasteiger partial charge in [0.15, 0.2) is 0 Å². The smallest absolute Gasteiger partial charge is 0.246 e. The standard InChI is InChI=1S/C29H41N5O4S/c1-17(20-6-8-21(9-7-20)25-18(2)31-16-39-25)32-27(37)23-13-22(35)15-34(23)28(38)26(29(3,4)5)33-24(36)12-19-10-11-30-14-19/h6-9,16-17,19,22-23,26,30,35H,10-15H2,1-5H3,(H,32,37)(H,33,36)/t17-,19?,22+,23-,26+/m0/s1. The summed E-state index contributed by atoms with van der Waals surface area (Å²) in [6, 6.07) is 6.10. The van der Waals surface area contributed by atoms with E-state index in [1.165, 1.54) is 4.90 Å². The summed E-state index contributed by atoms with van der Waals surface area (Å²) >= 11 is 1.59. The maximum atomic E-state index is 13.8. The van der Waals surface area contributed by atoms with Crippen LogP contribution in [0.4, 0.5) is 0 Å². The molecule has 10 heteroatoms. The van der Waals surface area contributed by atoms with Crippen LogP contribution in [-0.4, -0.2) is 70.5 Å². The van der Waals surface area contributed by atoms with Crippen LogP contribution in [-0.2, 0) is 14.4 Å². The van der Waals surface area contributed by atoms with Crippen molar-refractivity contribution in [3.8, 4) is 10.4 Å². The molecule has 2 aliphatic heterocycles. The summed E-state index contributed by atoms with van der Waals surface area (Å²) < 4.78 is 0. The van der Waals surface area contributed by atoms with Gasteiger partial charge in [0.05, 0.1) is 28.2 Å². The molecule has 5 atom stereocenters. The van der Waals surface area contributed by atoms with Crippen LogP contribution in [0.5, 0.6) is 0 Å². The van der Waals surface area contributed by atoms with E-state index in [-0.39, 0.29) is 42.6 Å². The summed E-state index contributed by atoms with van der Waals surface area (Å²) in [5, 5.41) is 19.7. The predicted octanol–water partition coefficient (Wildman–Crippen LogP) is 2.79. The number of β-amino-alcohol motifs (C(OH)–C–C–N with tert-alkyl or cyclic N) is 1. The largest absolute Gasteiger partial charge is 0.391 e. The lowest BCUT2D eigenvalue weighted by Gasteiger charge is -2.35. The van der Waals surface area contributed by atoms with Crippen molar-refractivity contribution in [3.63, 3.8) is 0 Å². The summed E-state index contributed by atoms with van der Waals surface area (Å²) in [4.78, 5) is 46.9. The number of nitrogens with zero attached hydrogens (tertiary/aromatic N) is 2. The number of benzene rings is 1. The van der Waals surface area contributed by atoms with E-state index in [2.05, 4.69) is 20.9 Å². The van der Waals surface area contributed by atoms with E-state index in [4.69, 9.17) is 0 Å². The van der Waals surface area contributed by atoms with E-state index < -0.39 is 23.6 Å². The molecule has 4 rings (SSSR count). The molecule has 2 saturated heterocycles. The molecular weight excluding hydrogens is 514 g/mol. The number of thiazole rings is 1. The molecule has 0 radical (unpaired) electrons. The van der Waals surface area contributed by atoms with E-state index >= 15 is 0 Å². The van der Waals surface area contributed by atoms with Crippen molar-refractivity contribution in [1.82, 2.24) is 25.8 Å². The highest BCUT2D eigenvalue weighted by molar-refractivity contribution is 7.13. The van der Waals surface area contributed by atoms with Gasteiger partial charge in [0.1, 0.15) is 12.1 Å². The first-order chi connectivity index (χ1) is 18.4. The van der Waals surface area contributed by atoms with Crippen LogP contribution in [0, 0.1) is 18.3 Å². The molecule has 1 aromatic heterocycles. The molecule has 2 fully saturated rings. The predicted molar refractivity (Wildman–Crippen MR) is 152 cm³/mol. The summed E-state index contributed by atoms with van der Waals surface area (Å²) in [7, 11) is 0. The topological polar surface area (TPSA) is 124 Å². The molecule has 0 saturated carbocycles. The van der Waals surface area contributed by atoms with Gasteiger partial charge in [-0.15, -0.1) is 11.3 Å². The molecular formula is C29H41N5O4S. The highest BCUT2D eigenvalue weighted by atomic mass is 32.1. The first-order valence-corrected chi connectivity index (χ1v) is 14.6. The average Bonchev–Trinajstić information content (AvgIpc) is 3.63. The zero-order valence-corrected chi connectivity index (χ0v) is 24.3. The van der Waals surface area contributed by atoms with Crippen LogP contribution in [0.3, 0.4) is 0 Å². The second kappa shape index (κ2) is 12.1. The lowest BCUT2D eigenvalue weighted by molar-refractivity contribution is -0.144. The number of carbonyl (C=O) groups excluding carboxylic acids is 3. The summed E-state index contributed by atoms with van der Waals surface area (Å²) in [6.07, 6.45) is 0.654. The Bertz CT molecular complexity index is 1170. The first kappa shape index (κ1) is 29.2. The summed E-state index contributed by atoms with van der Waals surface area (Å²) in [6.45, 7) is 11.3. The molecule has 0 bridgehead atoms. The molecule has 0 spiro atoms. The highest BCUT2D eigenvalue weighted by Gasteiger charge is 2.44. The zero-order chi connectivity index (χ0) is 28.3. The monoisotopic (exact) mass is 555 g/mol. The van der Waals surface area contributed by atoms with Crippen LogP contribution < -0.4 is 16.0 Å². The van der Waals surface area contributed by atoms with Gasteiger partial charge in [-0.25, -0.2) is 4.98 Å². The minimum absolute atomic E-state index is 0.0587. The van der Waals surface area contributed by atoms with E-state index in [9.17, 15) is 19.5 Å². The molecule has 9 nitrogen and oxygen atoms in total. The van der Waals surface area contributed by atoms with Gasteiger partial charge < -0.3 is 26.0 Å². The third kappa shape index (κ3) is 7.04. The van der Waals surface area contributed by atoms with Crippen molar-refractivity contribution in [2.45, 2.75) is 78.1 Å². The first-order valence-electron chi connectivity index (χ1n) is 13.7. The van der Waals surface area contributed by atoms with E-state index in [0.29, 0.717) is 6.42 Å². The second-order valence-corrected chi connectivity index (χ2v) is 12.8. The maximum absolute atomic E-state index is 13.8. The zero-order valence-electron chi connectivity index (χ0n) is 23.5. The number of hydrogen-bond donors (Lipinski definition) is 4. The number of likely N-dealkylation sites (tertiary alicyclic amines) is 1. The average molecular weight is 556 g/mol. The molecule has 4 N–H and O–H groups in total. The minimum Gasteiger partial charge on any atom is -0.391 e.